The molecule has 0 unspecified atom stereocenters. The van der Waals surface area contributed by atoms with E-state index in [1.807, 2.05) is 30.3 Å². The summed E-state index contributed by atoms with van der Waals surface area (Å²) in [6.45, 7) is 2.74. The average Bonchev–Trinajstić information content (AvgIpc) is 3.51. The van der Waals surface area contributed by atoms with Crippen LogP contribution in [0.3, 0.4) is 0 Å². The van der Waals surface area contributed by atoms with Crippen LogP contribution in [0.1, 0.15) is 42.2 Å². The first-order valence-corrected chi connectivity index (χ1v) is 11.6. The predicted octanol–water partition coefficient (Wildman–Crippen LogP) is 4.24. The van der Waals surface area contributed by atoms with E-state index < -0.39 is 0 Å². The molecule has 0 aliphatic heterocycles. The third-order valence-corrected chi connectivity index (χ3v) is 6.65. The maximum Gasteiger partial charge on any atom is 0.274 e. The van der Waals surface area contributed by atoms with Crippen LogP contribution in [0, 0.1) is 5.41 Å². The second kappa shape index (κ2) is 8.95. The number of amides is 1. The average molecular weight is 478 g/mol. The number of fused-ring (bicyclic) bond motifs is 1. The molecule has 1 saturated carbocycles. The second-order valence-electron chi connectivity index (χ2n) is 8.60. The van der Waals surface area contributed by atoms with Gasteiger partial charge in [-0.1, -0.05) is 54.9 Å². The van der Waals surface area contributed by atoms with Gasteiger partial charge in [0.15, 0.2) is 5.82 Å². The van der Waals surface area contributed by atoms with Crippen molar-refractivity contribution in [2.45, 2.75) is 32.8 Å². The molecule has 0 spiro atoms. The smallest absolute Gasteiger partial charge is 0.274 e. The van der Waals surface area contributed by atoms with Crippen molar-refractivity contribution in [1.82, 2.24) is 24.9 Å². The maximum atomic E-state index is 12.9. The Morgan fingerprint density at radius 3 is 2.71 bits per heavy atom. The molecule has 1 aliphatic rings. The summed E-state index contributed by atoms with van der Waals surface area (Å²) >= 11 is 6.35. The van der Waals surface area contributed by atoms with Crippen molar-refractivity contribution in [1.29, 1.82) is 0 Å². The van der Waals surface area contributed by atoms with E-state index in [-0.39, 0.29) is 34.8 Å². The lowest BCUT2D eigenvalue weighted by Crippen LogP contribution is -2.30. The number of nitrogens with zero attached hydrogens (tertiary/aromatic N) is 3. The van der Waals surface area contributed by atoms with Gasteiger partial charge in [0.2, 0.25) is 0 Å². The minimum absolute atomic E-state index is 0.0151. The molecule has 5 rings (SSSR count). The number of ether oxygens (including phenoxy) is 1. The van der Waals surface area contributed by atoms with Gasteiger partial charge in [-0.05, 0) is 36.8 Å². The molecular weight excluding hydrogens is 454 g/mol. The maximum absolute atomic E-state index is 12.9. The molecule has 0 bridgehead atoms. The Hall–Kier alpha value is -3.65. The zero-order chi connectivity index (χ0) is 23.7. The molecule has 9 heteroatoms. The topological polar surface area (TPSA) is 101 Å². The highest BCUT2D eigenvalue weighted by molar-refractivity contribution is 6.34. The molecule has 0 saturated heterocycles. The Morgan fingerprint density at radius 1 is 1.18 bits per heavy atom. The minimum atomic E-state index is -0.309. The number of benzene rings is 2. The van der Waals surface area contributed by atoms with E-state index in [4.69, 9.17) is 16.3 Å². The highest BCUT2D eigenvalue weighted by Gasteiger charge is 2.40. The number of aromatic nitrogens is 4. The van der Waals surface area contributed by atoms with E-state index >= 15 is 0 Å². The summed E-state index contributed by atoms with van der Waals surface area (Å²) in [6.07, 6.45) is 3.28. The summed E-state index contributed by atoms with van der Waals surface area (Å²) in [5, 5.41) is 6.27. The fourth-order valence-electron chi connectivity index (χ4n) is 3.91. The van der Waals surface area contributed by atoms with E-state index in [0.717, 1.165) is 24.8 Å². The predicted molar refractivity (Wildman–Crippen MR) is 129 cm³/mol. The Kier molecular flexibility index (Phi) is 5.83. The summed E-state index contributed by atoms with van der Waals surface area (Å²) < 4.78 is 7.18. The van der Waals surface area contributed by atoms with Crippen LogP contribution < -0.4 is 15.6 Å². The van der Waals surface area contributed by atoms with Crippen LogP contribution in [0.5, 0.6) is 5.75 Å². The van der Waals surface area contributed by atoms with Crippen LogP contribution in [0.15, 0.2) is 59.4 Å². The Labute approximate surface area is 200 Å². The molecule has 174 valence electrons. The fraction of sp³-hybridized carbons (Fsp3) is 0.280. The van der Waals surface area contributed by atoms with E-state index in [1.54, 1.807) is 18.2 Å². The Morgan fingerprint density at radius 2 is 1.97 bits per heavy atom. The van der Waals surface area contributed by atoms with Gasteiger partial charge < -0.3 is 10.1 Å². The monoisotopic (exact) mass is 477 g/mol. The summed E-state index contributed by atoms with van der Waals surface area (Å²) in [7, 11) is 0. The van der Waals surface area contributed by atoms with Gasteiger partial charge in [0, 0.05) is 18.2 Å². The lowest BCUT2D eigenvalue weighted by atomic mass is 10.0. The molecule has 2 aromatic heterocycles. The number of H-pyrrole nitrogens is 1. The van der Waals surface area contributed by atoms with Crippen molar-refractivity contribution >= 4 is 23.3 Å². The number of hydrogen-bond acceptors (Lipinski definition) is 5. The van der Waals surface area contributed by atoms with Gasteiger partial charge in [-0.25, -0.2) is 4.98 Å². The number of halogens is 1. The zero-order valence-electron chi connectivity index (χ0n) is 18.7. The highest BCUT2D eigenvalue weighted by atomic mass is 35.5. The van der Waals surface area contributed by atoms with Crippen molar-refractivity contribution in [3.8, 4) is 17.1 Å². The summed E-state index contributed by atoms with van der Waals surface area (Å²) in [6, 6.07) is 15.9. The first-order chi connectivity index (χ1) is 16.5. The quantitative estimate of drug-likeness (QED) is 0.395. The van der Waals surface area contributed by atoms with E-state index in [1.165, 1.54) is 10.6 Å². The van der Waals surface area contributed by atoms with Crippen LogP contribution in [0.4, 0.5) is 0 Å². The molecule has 1 aliphatic carbocycles. The standard InChI is InChI=1S/C25H24ClN5O3/c1-2-25(11-12-25)15-27-23(33)21-18(26)9-6-10-19(21)34-14-17-13-20(32)31-24(28-17)29-22(30-31)16-7-4-3-5-8-16/h3-10,13H,2,11-12,14-15H2,1H3,(H,27,33)(H,28,29,30). The molecule has 4 aromatic rings. The van der Waals surface area contributed by atoms with E-state index in [0.29, 0.717) is 28.8 Å². The first-order valence-electron chi connectivity index (χ1n) is 11.2. The van der Waals surface area contributed by atoms with Crippen LogP contribution in [-0.4, -0.2) is 32.0 Å². The Balaban J connectivity index is 1.36. The van der Waals surface area contributed by atoms with E-state index in [9.17, 15) is 9.59 Å². The van der Waals surface area contributed by atoms with Crippen LogP contribution in [-0.2, 0) is 6.61 Å². The molecule has 2 N–H and O–H groups in total. The molecule has 2 aromatic carbocycles. The molecule has 8 nitrogen and oxygen atoms in total. The van der Waals surface area contributed by atoms with Gasteiger partial charge in [0.25, 0.3) is 17.2 Å². The molecule has 34 heavy (non-hydrogen) atoms. The third kappa shape index (κ3) is 4.41. The summed E-state index contributed by atoms with van der Waals surface area (Å²) in [5.41, 5.74) is 1.42. The molecule has 0 atom stereocenters. The van der Waals surface area contributed by atoms with E-state index in [2.05, 4.69) is 27.3 Å². The van der Waals surface area contributed by atoms with Crippen LogP contribution in [0.25, 0.3) is 17.2 Å². The number of carbonyl (C=O) groups excluding carboxylic acids is 1. The van der Waals surface area contributed by atoms with Gasteiger partial charge in [-0.3, -0.25) is 14.7 Å². The Bertz CT molecular complexity index is 1410. The van der Waals surface area contributed by atoms with Crippen molar-refractivity contribution in [3.63, 3.8) is 0 Å². The van der Waals surface area contributed by atoms with Crippen LogP contribution >= 0.6 is 11.6 Å². The fourth-order valence-corrected chi connectivity index (χ4v) is 4.16. The number of hydrogen-bond donors (Lipinski definition) is 2. The molecule has 1 amide bonds. The van der Waals surface area contributed by atoms with Gasteiger partial charge in [-0.2, -0.15) is 9.50 Å². The lowest BCUT2D eigenvalue weighted by Gasteiger charge is -2.16. The lowest BCUT2D eigenvalue weighted by molar-refractivity contribution is 0.0940. The van der Waals surface area contributed by atoms with Gasteiger partial charge in [0.1, 0.15) is 12.4 Å². The zero-order valence-corrected chi connectivity index (χ0v) is 19.4. The number of nitrogens with one attached hydrogen (secondary N) is 2. The third-order valence-electron chi connectivity index (χ3n) is 6.34. The molecular formula is C25H24ClN5O3. The second-order valence-corrected chi connectivity index (χ2v) is 9.00. The molecule has 2 heterocycles. The van der Waals surface area contributed by atoms with Crippen molar-refractivity contribution in [2.24, 2.45) is 5.41 Å². The van der Waals surface area contributed by atoms with Crippen molar-refractivity contribution in [3.05, 3.63) is 81.2 Å². The normalized spacial score (nSPS) is 14.2. The largest absolute Gasteiger partial charge is 0.486 e. The van der Waals surface area contributed by atoms with Crippen molar-refractivity contribution in [2.75, 3.05) is 6.54 Å². The SMILES string of the molecule is CCC1(CNC(=O)c2c(Cl)cccc2OCc2cc(=O)n3[nH]c(-c4ccccc4)nc3n2)CC1. The summed E-state index contributed by atoms with van der Waals surface area (Å²) in [4.78, 5) is 34.4. The molecule has 1 fully saturated rings. The molecule has 0 radical (unpaired) electrons. The number of aromatic amines is 1. The van der Waals surface area contributed by atoms with Crippen molar-refractivity contribution < 1.29 is 9.53 Å². The number of carbonyl (C=O) groups is 1. The highest BCUT2D eigenvalue weighted by Crippen LogP contribution is 2.48. The minimum Gasteiger partial charge on any atom is -0.486 e. The van der Waals surface area contributed by atoms with Gasteiger partial charge in [0.05, 0.1) is 16.3 Å². The van der Waals surface area contributed by atoms with Crippen LogP contribution in [0.2, 0.25) is 5.02 Å². The first kappa shape index (κ1) is 22.2. The summed E-state index contributed by atoms with van der Waals surface area (Å²) in [5.74, 6) is 0.838. The van der Waals surface area contributed by atoms with Gasteiger partial charge >= 0.3 is 0 Å². The van der Waals surface area contributed by atoms with Gasteiger partial charge in [-0.15, -0.1) is 0 Å². The number of rotatable bonds is 8.